The van der Waals surface area contributed by atoms with Gasteiger partial charge in [-0.1, -0.05) is 70.4 Å². The Kier molecular flexibility index (Phi) is 19.7. The van der Waals surface area contributed by atoms with Crippen molar-refractivity contribution in [3.8, 4) is 5.75 Å². The number of phosphoric acid groups is 1. The lowest BCUT2D eigenvalue weighted by atomic mass is 10.1. The van der Waals surface area contributed by atoms with E-state index in [-0.39, 0.29) is 18.9 Å². The Bertz CT molecular complexity index is 977. The first-order valence-electron chi connectivity index (χ1n) is 14.7. The number of aryl methyl sites for hydroxylation is 1. The zero-order valence-electron chi connectivity index (χ0n) is 25.2. The summed E-state index contributed by atoms with van der Waals surface area (Å²) >= 11 is 0. The maximum atomic E-state index is 12.2. The van der Waals surface area contributed by atoms with Gasteiger partial charge in [0.15, 0.2) is 6.04 Å². The Morgan fingerprint density at radius 1 is 0.976 bits per heavy atom. The Morgan fingerprint density at radius 3 is 2.26 bits per heavy atom. The molecule has 12 nitrogen and oxygen atoms in total. The zero-order valence-corrected chi connectivity index (χ0v) is 26.1. The fourth-order valence-electron chi connectivity index (χ4n) is 3.97. The largest absolute Gasteiger partial charge is 0.494 e. The van der Waals surface area contributed by atoms with E-state index in [4.69, 9.17) is 13.8 Å². The topological polar surface area (TPSA) is 170 Å². The van der Waals surface area contributed by atoms with Crippen molar-refractivity contribution in [3.63, 3.8) is 0 Å². The van der Waals surface area contributed by atoms with Crippen molar-refractivity contribution in [2.75, 3.05) is 33.5 Å². The lowest BCUT2D eigenvalue weighted by Crippen LogP contribution is -2.43. The van der Waals surface area contributed by atoms with Crippen LogP contribution in [0.5, 0.6) is 5.75 Å². The minimum absolute atomic E-state index is 0.176. The van der Waals surface area contributed by atoms with E-state index >= 15 is 0 Å². The number of hydrogen-bond donors (Lipinski definition) is 4. The Morgan fingerprint density at radius 2 is 1.62 bits per heavy atom. The average molecular weight is 617 g/mol. The predicted octanol–water partition coefficient (Wildman–Crippen LogP) is 3.82. The third-order valence-corrected chi connectivity index (χ3v) is 7.24. The molecule has 2 amide bonds. The van der Waals surface area contributed by atoms with Gasteiger partial charge in [-0.15, -0.1) is 0 Å². The number of amides is 2. The van der Waals surface area contributed by atoms with Crippen LogP contribution in [-0.2, 0) is 39.2 Å². The third-order valence-electron chi connectivity index (χ3n) is 6.29. The van der Waals surface area contributed by atoms with Crippen molar-refractivity contribution < 1.29 is 47.5 Å². The molecule has 0 spiro atoms. The molecule has 1 rings (SSSR count). The number of benzene rings is 1. The van der Waals surface area contributed by atoms with Gasteiger partial charge in [0.05, 0.1) is 33.0 Å². The molecule has 0 aliphatic carbocycles. The molecule has 4 N–H and O–H groups in total. The van der Waals surface area contributed by atoms with Crippen LogP contribution >= 0.6 is 7.82 Å². The number of hydrogen-bond acceptors (Lipinski definition) is 9. The van der Waals surface area contributed by atoms with E-state index in [1.54, 1.807) is 0 Å². The van der Waals surface area contributed by atoms with Gasteiger partial charge in [0.2, 0.25) is 11.8 Å². The maximum absolute atomic E-state index is 12.2. The van der Waals surface area contributed by atoms with Crippen molar-refractivity contribution in [2.45, 2.75) is 96.6 Å². The van der Waals surface area contributed by atoms with Crippen LogP contribution in [0.4, 0.5) is 0 Å². The highest BCUT2D eigenvalue weighted by molar-refractivity contribution is 7.47. The molecule has 0 saturated carbocycles. The normalized spacial score (nSPS) is 13.9. The summed E-state index contributed by atoms with van der Waals surface area (Å²) in [7, 11) is -3.58. The molecule has 0 aliphatic rings. The van der Waals surface area contributed by atoms with Crippen molar-refractivity contribution in [3.05, 3.63) is 29.8 Å². The van der Waals surface area contributed by atoms with E-state index in [0.717, 1.165) is 38.2 Å². The van der Waals surface area contributed by atoms with Gasteiger partial charge in [-0.05, 0) is 30.5 Å². The van der Waals surface area contributed by atoms with E-state index in [0.29, 0.717) is 13.0 Å². The van der Waals surface area contributed by atoms with Crippen molar-refractivity contribution >= 4 is 25.6 Å². The van der Waals surface area contributed by atoms with E-state index in [9.17, 15) is 28.9 Å². The number of carbonyl (C=O) groups excluding carboxylic acids is 3. The highest BCUT2D eigenvalue weighted by atomic mass is 31.2. The summed E-state index contributed by atoms with van der Waals surface area (Å²) in [6, 6.07) is 6.30. The highest BCUT2D eigenvalue weighted by Crippen LogP contribution is 2.43. The fourth-order valence-corrected chi connectivity index (χ4v) is 4.75. The molecule has 0 saturated heterocycles. The van der Waals surface area contributed by atoms with E-state index in [1.807, 2.05) is 24.3 Å². The van der Waals surface area contributed by atoms with Crippen LogP contribution in [0, 0.1) is 0 Å². The molecule has 13 heteroatoms. The monoisotopic (exact) mass is 616 g/mol. The molecule has 0 heterocycles. The smallest absolute Gasteiger partial charge is 0.472 e. The minimum atomic E-state index is -4.66. The van der Waals surface area contributed by atoms with Crippen LogP contribution in [0.25, 0.3) is 0 Å². The van der Waals surface area contributed by atoms with Crippen LogP contribution in [0.2, 0.25) is 0 Å². The molecule has 240 valence electrons. The molecule has 1 aromatic rings. The maximum Gasteiger partial charge on any atom is 0.472 e. The van der Waals surface area contributed by atoms with Crippen molar-refractivity contribution in [1.29, 1.82) is 0 Å². The minimum Gasteiger partial charge on any atom is -0.494 e. The first kappa shape index (κ1) is 37.5. The molecule has 1 aromatic carbocycles. The van der Waals surface area contributed by atoms with Crippen LogP contribution in [0.15, 0.2) is 24.3 Å². The molecule has 0 bridgehead atoms. The quantitative estimate of drug-likeness (QED) is 0.0761. The Labute approximate surface area is 249 Å². The first-order chi connectivity index (χ1) is 20.1. The number of ether oxygens (including phenoxy) is 2. The molecule has 3 atom stereocenters. The van der Waals surface area contributed by atoms with Crippen molar-refractivity contribution in [2.24, 2.45) is 0 Å². The summed E-state index contributed by atoms with van der Waals surface area (Å²) in [6.07, 6.45) is 10.6. The summed E-state index contributed by atoms with van der Waals surface area (Å²) in [5.41, 5.74) is 0.946. The number of methoxy groups -OCH3 is 1. The molecular formula is C29H49N2O10P. The van der Waals surface area contributed by atoms with Crippen LogP contribution in [0.3, 0.4) is 0 Å². The molecule has 1 unspecified atom stereocenters. The second kappa shape index (κ2) is 22.1. The van der Waals surface area contributed by atoms with Gasteiger partial charge in [0.25, 0.3) is 0 Å². The zero-order chi connectivity index (χ0) is 31.2. The standard InChI is InChI=1S/C29H49N2O10P/c1-4-5-6-7-8-9-10-11-12-18-39-26-15-13-14-24(19-26)16-17-28(34)30-20-25(33)21-40-42(36,37)41-22-27(29(35)38-3)31-23(2)32/h13-15,19,25,27,33H,4-12,16-18,20-22H2,1-3H3,(H,30,34)(H,31,32)(H,36,37)/t25-,27+/m1/s1. The summed E-state index contributed by atoms with van der Waals surface area (Å²) in [6.45, 7) is 2.53. The number of phosphoric ester groups is 1. The second-order valence-electron chi connectivity index (χ2n) is 10.1. The summed E-state index contributed by atoms with van der Waals surface area (Å²) in [5, 5.41) is 14.8. The molecular weight excluding hydrogens is 567 g/mol. The number of nitrogens with one attached hydrogen (secondary N) is 2. The second-order valence-corrected chi connectivity index (χ2v) is 11.6. The number of esters is 1. The molecule has 42 heavy (non-hydrogen) atoms. The van der Waals surface area contributed by atoms with Gasteiger partial charge < -0.3 is 30.1 Å². The SMILES string of the molecule is CCCCCCCCCCCOc1cccc(CCC(=O)NC[C@@H](O)COP(=O)(O)OC[C@H](NC(C)=O)C(=O)OC)c1. The van der Waals surface area contributed by atoms with Crippen LogP contribution in [-0.4, -0.2) is 73.4 Å². The van der Waals surface area contributed by atoms with Crippen LogP contribution < -0.4 is 15.4 Å². The number of rotatable bonds is 24. The summed E-state index contributed by atoms with van der Waals surface area (Å²) < 4.78 is 31.8. The van der Waals surface area contributed by atoms with Gasteiger partial charge in [0, 0.05) is 19.9 Å². The van der Waals surface area contributed by atoms with E-state index in [1.165, 1.54) is 44.9 Å². The highest BCUT2D eigenvalue weighted by Gasteiger charge is 2.28. The number of carbonyl (C=O) groups is 3. The van der Waals surface area contributed by atoms with Gasteiger partial charge in [-0.3, -0.25) is 18.6 Å². The van der Waals surface area contributed by atoms with Gasteiger partial charge in [-0.25, -0.2) is 9.36 Å². The summed E-state index contributed by atoms with van der Waals surface area (Å²) in [4.78, 5) is 44.8. The molecule has 0 fully saturated rings. The van der Waals surface area contributed by atoms with Crippen molar-refractivity contribution in [1.82, 2.24) is 10.6 Å². The first-order valence-corrected chi connectivity index (χ1v) is 16.2. The van der Waals surface area contributed by atoms with Gasteiger partial charge in [0.1, 0.15) is 5.75 Å². The average Bonchev–Trinajstić information content (AvgIpc) is 2.96. The molecule has 0 aliphatic heterocycles. The fraction of sp³-hybridized carbons (Fsp3) is 0.690. The molecule has 0 radical (unpaired) electrons. The molecule has 0 aromatic heterocycles. The third kappa shape index (κ3) is 18.8. The van der Waals surface area contributed by atoms with Crippen LogP contribution in [0.1, 0.15) is 83.6 Å². The van der Waals surface area contributed by atoms with Gasteiger partial charge >= 0.3 is 13.8 Å². The lowest BCUT2D eigenvalue weighted by Gasteiger charge is -2.19. The Balaban J connectivity index is 2.26. The summed E-state index contributed by atoms with van der Waals surface area (Å²) in [5.74, 6) is -0.985. The number of aliphatic hydroxyl groups excluding tert-OH is 1. The van der Waals surface area contributed by atoms with Gasteiger partial charge in [-0.2, -0.15) is 0 Å². The van der Waals surface area contributed by atoms with E-state index in [2.05, 4.69) is 22.3 Å². The predicted molar refractivity (Wildman–Crippen MR) is 158 cm³/mol. The van der Waals surface area contributed by atoms with E-state index < -0.39 is 45.1 Å². The number of unbranched alkanes of at least 4 members (excludes halogenated alkanes) is 8. The Hall–Kier alpha value is -2.50. The lowest BCUT2D eigenvalue weighted by molar-refractivity contribution is -0.145. The number of aliphatic hydroxyl groups is 1.